The molecule has 3 heteroatoms. The van der Waals surface area contributed by atoms with Crippen LogP contribution in [0.5, 0.6) is 0 Å². The van der Waals surface area contributed by atoms with Crippen molar-refractivity contribution in [3.8, 4) is 11.1 Å². The monoisotopic (exact) mass is 442 g/mol. The van der Waals surface area contributed by atoms with Crippen LogP contribution in [0.25, 0.3) is 11.1 Å². The Bertz CT molecular complexity index is 1150. The van der Waals surface area contributed by atoms with Crippen molar-refractivity contribution in [2.75, 3.05) is 0 Å². The molecule has 1 aliphatic rings. The van der Waals surface area contributed by atoms with Crippen LogP contribution >= 0.6 is 0 Å². The highest BCUT2D eigenvalue weighted by Crippen LogP contribution is 2.42. The summed E-state index contributed by atoms with van der Waals surface area (Å²) in [5.41, 5.74) is 15.3. The van der Waals surface area contributed by atoms with E-state index in [0.29, 0.717) is 5.56 Å². The standard InChI is InChI=1S/C30H38N2O/c1-6-7-8-13-26-28(22-14-17-23(18-15-22)30(3,4)5)27(29(31)33)20(2)32(26)25-19-16-21-11-9-10-12-24(21)25/h9-12,14-15,17-18,25H,6-8,13,16,19H2,1-5H3,(H2,31,33). The molecule has 0 saturated carbocycles. The van der Waals surface area contributed by atoms with Crippen LogP contribution in [0.15, 0.2) is 48.5 Å². The quantitative estimate of drug-likeness (QED) is 0.389. The number of hydrogen-bond acceptors (Lipinski definition) is 1. The SMILES string of the molecule is CCCCCc1c(-c2ccc(C(C)(C)C)cc2)c(C(N)=O)c(C)n1C1CCc2ccccc21. The van der Waals surface area contributed by atoms with E-state index in [1.54, 1.807) is 0 Å². The average molecular weight is 443 g/mol. The summed E-state index contributed by atoms with van der Waals surface area (Å²) in [6.07, 6.45) is 6.56. The van der Waals surface area contributed by atoms with Gasteiger partial charge in [-0.25, -0.2) is 0 Å². The van der Waals surface area contributed by atoms with Gasteiger partial charge in [0.1, 0.15) is 0 Å². The van der Waals surface area contributed by atoms with Gasteiger partial charge in [0.05, 0.1) is 11.6 Å². The van der Waals surface area contributed by atoms with Crippen molar-refractivity contribution in [3.63, 3.8) is 0 Å². The van der Waals surface area contributed by atoms with Crippen LogP contribution in [-0.4, -0.2) is 10.5 Å². The maximum atomic E-state index is 12.8. The van der Waals surface area contributed by atoms with E-state index in [4.69, 9.17) is 5.73 Å². The van der Waals surface area contributed by atoms with Crippen LogP contribution < -0.4 is 5.73 Å². The molecular weight excluding hydrogens is 404 g/mol. The normalized spacial score (nSPS) is 15.6. The first kappa shape index (κ1) is 23.4. The van der Waals surface area contributed by atoms with E-state index in [9.17, 15) is 4.79 Å². The molecule has 0 fully saturated rings. The predicted octanol–water partition coefficient (Wildman–Crippen LogP) is 7.13. The molecule has 0 radical (unpaired) electrons. The number of nitrogens with zero attached hydrogens (tertiary/aromatic N) is 1. The van der Waals surface area contributed by atoms with Gasteiger partial charge < -0.3 is 10.3 Å². The van der Waals surface area contributed by atoms with E-state index in [2.05, 4.69) is 87.7 Å². The van der Waals surface area contributed by atoms with Crippen LogP contribution in [0.2, 0.25) is 0 Å². The van der Waals surface area contributed by atoms with Gasteiger partial charge in [-0.1, -0.05) is 89.1 Å². The summed E-state index contributed by atoms with van der Waals surface area (Å²) in [6, 6.07) is 17.8. The van der Waals surface area contributed by atoms with Crippen LogP contribution in [0.1, 0.15) is 97.9 Å². The Morgan fingerprint density at radius 2 is 1.76 bits per heavy atom. The minimum atomic E-state index is -0.329. The molecule has 1 amide bonds. The van der Waals surface area contributed by atoms with E-state index in [1.165, 1.54) is 35.2 Å². The Hall–Kier alpha value is -2.81. The zero-order valence-corrected chi connectivity index (χ0v) is 20.9. The number of amides is 1. The molecule has 1 aliphatic carbocycles. The summed E-state index contributed by atoms with van der Waals surface area (Å²) in [5.74, 6) is -0.329. The number of hydrogen-bond donors (Lipinski definition) is 1. The van der Waals surface area contributed by atoms with Gasteiger partial charge in [-0.05, 0) is 60.3 Å². The van der Waals surface area contributed by atoms with E-state index >= 15 is 0 Å². The summed E-state index contributed by atoms with van der Waals surface area (Å²) < 4.78 is 2.45. The molecule has 1 unspecified atom stereocenters. The van der Waals surface area contributed by atoms with Gasteiger partial charge in [-0.15, -0.1) is 0 Å². The average Bonchev–Trinajstić information content (AvgIpc) is 3.32. The number of nitrogens with two attached hydrogens (primary N) is 1. The molecule has 0 bridgehead atoms. The first-order valence-corrected chi connectivity index (χ1v) is 12.5. The zero-order valence-electron chi connectivity index (χ0n) is 20.9. The summed E-state index contributed by atoms with van der Waals surface area (Å²) in [7, 11) is 0. The Labute approximate surface area is 199 Å². The molecule has 0 aliphatic heterocycles. The first-order valence-electron chi connectivity index (χ1n) is 12.5. The minimum absolute atomic E-state index is 0.0877. The van der Waals surface area contributed by atoms with Crippen molar-refractivity contribution >= 4 is 5.91 Å². The van der Waals surface area contributed by atoms with Crippen molar-refractivity contribution in [3.05, 3.63) is 82.2 Å². The maximum absolute atomic E-state index is 12.8. The molecule has 174 valence electrons. The highest BCUT2D eigenvalue weighted by molar-refractivity contribution is 6.02. The summed E-state index contributed by atoms with van der Waals surface area (Å²) in [5, 5.41) is 0. The Morgan fingerprint density at radius 1 is 1.06 bits per heavy atom. The minimum Gasteiger partial charge on any atom is -0.366 e. The van der Waals surface area contributed by atoms with E-state index in [0.717, 1.165) is 42.5 Å². The van der Waals surface area contributed by atoms with Gasteiger partial charge in [0.25, 0.3) is 5.91 Å². The van der Waals surface area contributed by atoms with Crippen LogP contribution in [0.4, 0.5) is 0 Å². The van der Waals surface area contributed by atoms with E-state index < -0.39 is 0 Å². The van der Waals surface area contributed by atoms with Crippen molar-refractivity contribution in [1.82, 2.24) is 4.57 Å². The lowest BCUT2D eigenvalue weighted by atomic mass is 9.86. The van der Waals surface area contributed by atoms with Gasteiger partial charge in [-0.2, -0.15) is 0 Å². The number of aryl methyl sites for hydroxylation is 1. The Kier molecular flexibility index (Phi) is 6.52. The molecule has 3 aromatic rings. The second-order valence-corrected chi connectivity index (χ2v) is 10.6. The number of unbranched alkanes of at least 4 members (excludes halogenated alkanes) is 2. The molecule has 3 nitrogen and oxygen atoms in total. The van der Waals surface area contributed by atoms with Crippen LogP contribution in [0.3, 0.4) is 0 Å². The fourth-order valence-corrected chi connectivity index (χ4v) is 5.53. The van der Waals surface area contributed by atoms with E-state index in [-0.39, 0.29) is 17.4 Å². The second-order valence-electron chi connectivity index (χ2n) is 10.6. The lowest BCUT2D eigenvalue weighted by Crippen LogP contribution is -2.15. The molecule has 1 atom stereocenters. The van der Waals surface area contributed by atoms with Gasteiger partial charge in [0.15, 0.2) is 0 Å². The lowest BCUT2D eigenvalue weighted by molar-refractivity contribution is 0.1000. The largest absolute Gasteiger partial charge is 0.366 e. The third-order valence-corrected chi connectivity index (χ3v) is 7.27. The number of rotatable bonds is 7. The molecule has 0 spiro atoms. The fraction of sp³-hybridized carbons (Fsp3) is 0.433. The maximum Gasteiger partial charge on any atom is 0.251 e. The smallest absolute Gasteiger partial charge is 0.251 e. The summed E-state index contributed by atoms with van der Waals surface area (Å²) >= 11 is 0. The summed E-state index contributed by atoms with van der Waals surface area (Å²) in [4.78, 5) is 12.8. The Balaban J connectivity index is 1.92. The highest BCUT2D eigenvalue weighted by Gasteiger charge is 2.32. The molecule has 33 heavy (non-hydrogen) atoms. The van der Waals surface area contributed by atoms with Crippen molar-refractivity contribution in [2.24, 2.45) is 5.73 Å². The van der Waals surface area contributed by atoms with Crippen molar-refractivity contribution < 1.29 is 4.79 Å². The number of fused-ring (bicyclic) bond motifs is 1. The third kappa shape index (κ3) is 4.38. The van der Waals surface area contributed by atoms with Gasteiger partial charge in [-0.3, -0.25) is 4.79 Å². The predicted molar refractivity (Wildman–Crippen MR) is 138 cm³/mol. The Morgan fingerprint density at radius 3 is 2.39 bits per heavy atom. The zero-order chi connectivity index (χ0) is 23.8. The molecule has 1 heterocycles. The molecular formula is C30H38N2O. The summed E-state index contributed by atoms with van der Waals surface area (Å²) in [6.45, 7) is 11.0. The third-order valence-electron chi connectivity index (χ3n) is 7.27. The molecule has 0 saturated heterocycles. The van der Waals surface area contributed by atoms with Gasteiger partial charge >= 0.3 is 0 Å². The number of aromatic nitrogens is 1. The second kappa shape index (κ2) is 9.21. The number of primary amides is 1. The van der Waals surface area contributed by atoms with Crippen molar-refractivity contribution in [1.29, 1.82) is 0 Å². The fourth-order valence-electron chi connectivity index (χ4n) is 5.53. The number of benzene rings is 2. The van der Waals surface area contributed by atoms with Crippen molar-refractivity contribution in [2.45, 2.75) is 84.6 Å². The topological polar surface area (TPSA) is 48.0 Å². The molecule has 2 aromatic carbocycles. The van der Waals surface area contributed by atoms with Crippen LogP contribution in [0, 0.1) is 6.92 Å². The highest BCUT2D eigenvalue weighted by atomic mass is 16.1. The van der Waals surface area contributed by atoms with Gasteiger partial charge in [0.2, 0.25) is 0 Å². The van der Waals surface area contributed by atoms with Crippen LogP contribution in [-0.2, 0) is 18.3 Å². The lowest BCUT2D eigenvalue weighted by Gasteiger charge is -2.22. The number of carbonyl (C=O) groups is 1. The number of carbonyl (C=O) groups excluding carboxylic acids is 1. The first-order chi connectivity index (χ1) is 15.7. The molecule has 2 N–H and O–H groups in total. The molecule has 4 rings (SSSR count). The molecule has 1 aromatic heterocycles. The van der Waals surface area contributed by atoms with E-state index in [1.807, 2.05) is 0 Å². The van der Waals surface area contributed by atoms with Gasteiger partial charge in [0, 0.05) is 17.0 Å².